The Morgan fingerprint density at radius 3 is 2.84 bits per heavy atom. The second kappa shape index (κ2) is 8.15. The molecule has 0 amide bonds. The van der Waals surface area contributed by atoms with Gasteiger partial charge in [0, 0.05) is 11.8 Å². The summed E-state index contributed by atoms with van der Waals surface area (Å²) in [6.07, 6.45) is 8.37. The number of aliphatic imine (C=N–C) groups is 1. The van der Waals surface area contributed by atoms with E-state index in [1.54, 1.807) is 0 Å². The molecule has 2 aliphatic rings. The summed E-state index contributed by atoms with van der Waals surface area (Å²) in [5.41, 5.74) is 0. The van der Waals surface area contributed by atoms with Crippen LogP contribution < -0.4 is 5.32 Å². The standard InChI is InChI=1S/C15H28N2OS/c1-12(2)10-14-11-17-15(19-14)16-8-9-18-13-6-4-3-5-7-13/h12-14H,3-11H2,1-2H3,(H,16,17). The molecule has 4 heteroatoms. The van der Waals surface area contributed by atoms with Crippen LogP contribution in [-0.4, -0.2) is 36.2 Å². The molecule has 0 spiro atoms. The Bertz CT molecular complexity index is 288. The van der Waals surface area contributed by atoms with Gasteiger partial charge in [0.25, 0.3) is 0 Å². The van der Waals surface area contributed by atoms with E-state index in [1.165, 1.54) is 38.5 Å². The molecule has 0 aromatic carbocycles. The molecule has 2 rings (SSSR count). The maximum absolute atomic E-state index is 5.91. The molecule has 0 saturated heterocycles. The third kappa shape index (κ3) is 5.74. The van der Waals surface area contributed by atoms with Crippen LogP contribution in [0.15, 0.2) is 4.99 Å². The van der Waals surface area contributed by atoms with Crippen LogP contribution in [-0.2, 0) is 4.74 Å². The molecule has 1 atom stereocenters. The summed E-state index contributed by atoms with van der Waals surface area (Å²) in [5.74, 6) is 0.765. The van der Waals surface area contributed by atoms with Crippen LogP contribution in [0.2, 0.25) is 0 Å². The quantitative estimate of drug-likeness (QED) is 0.759. The topological polar surface area (TPSA) is 33.6 Å². The number of nitrogens with one attached hydrogen (secondary N) is 1. The van der Waals surface area contributed by atoms with Crippen LogP contribution in [0.25, 0.3) is 0 Å². The molecule has 19 heavy (non-hydrogen) atoms. The number of hydrogen-bond donors (Lipinski definition) is 1. The van der Waals surface area contributed by atoms with Crippen molar-refractivity contribution in [1.29, 1.82) is 0 Å². The van der Waals surface area contributed by atoms with Crippen molar-refractivity contribution in [3.05, 3.63) is 0 Å². The Morgan fingerprint density at radius 2 is 2.11 bits per heavy atom. The Hall–Kier alpha value is -0.220. The Morgan fingerprint density at radius 1 is 1.32 bits per heavy atom. The van der Waals surface area contributed by atoms with Gasteiger partial charge in [-0.15, -0.1) is 0 Å². The zero-order chi connectivity index (χ0) is 13.5. The van der Waals surface area contributed by atoms with Gasteiger partial charge in [-0.1, -0.05) is 44.9 Å². The minimum Gasteiger partial charge on any atom is -0.376 e. The summed E-state index contributed by atoms with van der Waals surface area (Å²) in [6, 6.07) is 0. The van der Waals surface area contributed by atoms with Crippen molar-refractivity contribution < 1.29 is 4.74 Å². The second-order valence-corrected chi connectivity index (χ2v) is 7.36. The summed E-state index contributed by atoms with van der Waals surface area (Å²) in [4.78, 5) is 4.57. The van der Waals surface area contributed by atoms with E-state index in [2.05, 4.69) is 24.2 Å². The molecule has 0 aromatic rings. The molecule has 0 aromatic heterocycles. The van der Waals surface area contributed by atoms with Gasteiger partial charge in [-0.05, 0) is 25.2 Å². The number of thioether (sulfide) groups is 1. The second-order valence-electron chi connectivity index (χ2n) is 6.07. The number of nitrogens with zero attached hydrogens (tertiary/aromatic N) is 1. The number of rotatable bonds is 6. The maximum atomic E-state index is 5.91. The predicted octanol–water partition coefficient (Wildman–Crippen LogP) is 3.44. The molecular formula is C15H28N2OS. The molecular weight excluding hydrogens is 256 g/mol. The van der Waals surface area contributed by atoms with E-state index in [0.717, 1.165) is 30.8 Å². The molecule has 1 N–H and O–H groups in total. The van der Waals surface area contributed by atoms with Crippen molar-refractivity contribution in [3.63, 3.8) is 0 Å². The van der Waals surface area contributed by atoms with E-state index in [1.807, 2.05) is 11.8 Å². The SMILES string of the molecule is CC(C)CC1CN=C(NCCOC2CCCCC2)S1. The lowest BCUT2D eigenvalue weighted by atomic mass is 9.98. The van der Waals surface area contributed by atoms with Gasteiger partial charge in [0.05, 0.1) is 19.3 Å². The van der Waals surface area contributed by atoms with Crippen LogP contribution in [0.4, 0.5) is 0 Å². The normalized spacial score (nSPS) is 24.8. The third-order valence-electron chi connectivity index (χ3n) is 3.74. The molecule has 1 aliphatic heterocycles. The van der Waals surface area contributed by atoms with E-state index in [9.17, 15) is 0 Å². The van der Waals surface area contributed by atoms with Crippen molar-refractivity contribution in [2.45, 2.75) is 63.7 Å². The zero-order valence-corrected chi connectivity index (χ0v) is 13.2. The molecule has 3 nitrogen and oxygen atoms in total. The molecule has 1 fully saturated rings. The summed E-state index contributed by atoms with van der Waals surface area (Å²) in [5, 5.41) is 5.22. The van der Waals surface area contributed by atoms with E-state index in [-0.39, 0.29) is 0 Å². The summed E-state index contributed by atoms with van der Waals surface area (Å²) in [6.45, 7) is 7.26. The van der Waals surface area contributed by atoms with Gasteiger partial charge < -0.3 is 10.1 Å². The van der Waals surface area contributed by atoms with E-state index >= 15 is 0 Å². The fourth-order valence-corrected chi connectivity index (χ4v) is 4.06. The van der Waals surface area contributed by atoms with Crippen LogP contribution in [0.1, 0.15) is 52.4 Å². The first-order valence-electron chi connectivity index (χ1n) is 7.80. The third-order valence-corrected chi connectivity index (χ3v) is 4.91. The molecule has 1 heterocycles. The van der Waals surface area contributed by atoms with Gasteiger partial charge >= 0.3 is 0 Å². The van der Waals surface area contributed by atoms with Gasteiger partial charge in [0.15, 0.2) is 5.17 Å². The molecule has 110 valence electrons. The first kappa shape index (κ1) is 15.2. The lowest BCUT2D eigenvalue weighted by Gasteiger charge is -2.22. The van der Waals surface area contributed by atoms with Crippen molar-refractivity contribution in [2.75, 3.05) is 19.7 Å². The molecule has 0 bridgehead atoms. The first-order chi connectivity index (χ1) is 9.24. The fraction of sp³-hybridized carbons (Fsp3) is 0.933. The highest BCUT2D eigenvalue weighted by Crippen LogP contribution is 2.25. The highest BCUT2D eigenvalue weighted by molar-refractivity contribution is 8.14. The number of ether oxygens (including phenoxy) is 1. The van der Waals surface area contributed by atoms with Crippen molar-refractivity contribution in [1.82, 2.24) is 5.32 Å². The van der Waals surface area contributed by atoms with Crippen molar-refractivity contribution in [2.24, 2.45) is 10.9 Å². The predicted molar refractivity (Wildman–Crippen MR) is 84.0 cm³/mol. The average Bonchev–Trinajstić information content (AvgIpc) is 2.83. The van der Waals surface area contributed by atoms with E-state index < -0.39 is 0 Å². The lowest BCUT2D eigenvalue weighted by Crippen LogP contribution is -2.27. The minimum atomic E-state index is 0.516. The Labute approximate surface area is 122 Å². The Kier molecular flexibility index (Phi) is 6.51. The maximum Gasteiger partial charge on any atom is 0.157 e. The lowest BCUT2D eigenvalue weighted by molar-refractivity contribution is 0.0319. The average molecular weight is 284 g/mol. The summed E-state index contributed by atoms with van der Waals surface area (Å²) in [7, 11) is 0. The van der Waals surface area contributed by atoms with Crippen LogP contribution in [0.3, 0.4) is 0 Å². The van der Waals surface area contributed by atoms with Crippen LogP contribution >= 0.6 is 11.8 Å². The fourth-order valence-electron chi connectivity index (χ4n) is 2.78. The van der Waals surface area contributed by atoms with Crippen LogP contribution in [0.5, 0.6) is 0 Å². The highest BCUT2D eigenvalue weighted by Gasteiger charge is 2.20. The summed E-state index contributed by atoms with van der Waals surface area (Å²) < 4.78 is 5.91. The first-order valence-corrected chi connectivity index (χ1v) is 8.68. The van der Waals surface area contributed by atoms with Gasteiger partial charge in [0.1, 0.15) is 0 Å². The van der Waals surface area contributed by atoms with Crippen molar-refractivity contribution in [3.8, 4) is 0 Å². The zero-order valence-electron chi connectivity index (χ0n) is 12.4. The van der Waals surface area contributed by atoms with Gasteiger partial charge in [0.2, 0.25) is 0 Å². The molecule has 1 saturated carbocycles. The smallest absolute Gasteiger partial charge is 0.157 e. The van der Waals surface area contributed by atoms with E-state index in [0.29, 0.717) is 11.4 Å². The highest BCUT2D eigenvalue weighted by atomic mass is 32.2. The van der Waals surface area contributed by atoms with Crippen molar-refractivity contribution >= 4 is 16.9 Å². The largest absolute Gasteiger partial charge is 0.376 e. The molecule has 1 aliphatic carbocycles. The van der Waals surface area contributed by atoms with Gasteiger partial charge in [-0.2, -0.15) is 0 Å². The summed E-state index contributed by atoms with van der Waals surface area (Å²) >= 11 is 1.91. The van der Waals surface area contributed by atoms with Gasteiger partial charge in [-0.25, -0.2) is 0 Å². The number of amidine groups is 1. The number of hydrogen-bond acceptors (Lipinski definition) is 4. The van der Waals surface area contributed by atoms with E-state index in [4.69, 9.17) is 4.74 Å². The van der Waals surface area contributed by atoms with Crippen LogP contribution in [0, 0.1) is 5.92 Å². The molecule has 0 radical (unpaired) electrons. The Balaban J connectivity index is 1.52. The molecule has 1 unspecified atom stereocenters. The van der Waals surface area contributed by atoms with Gasteiger partial charge in [-0.3, -0.25) is 4.99 Å². The monoisotopic (exact) mass is 284 g/mol. The minimum absolute atomic E-state index is 0.516.